The van der Waals surface area contributed by atoms with E-state index in [0.29, 0.717) is 22.4 Å². The summed E-state index contributed by atoms with van der Waals surface area (Å²) in [5.74, 6) is -0.609. The van der Waals surface area contributed by atoms with E-state index in [-0.39, 0.29) is 19.6 Å². The van der Waals surface area contributed by atoms with Crippen molar-refractivity contribution in [2.24, 2.45) is 0 Å². The molecule has 0 radical (unpaired) electrons. The Morgan fingerprint density at radius 2 is 1.49 bits per heavy atom. The lowest BCUT2D eigenvalue weighted by molar-refractivity contribution is -0.147. The molecule has 1 amide bonds. The predicted octanol–water partition coefficient (Wildman–Crippen LogP) is 2.69. The summed E-state index contributed by atoms with van der Waals surface area (Å²) >= 11 is 0. The van der Waals surface area contributed by atoms with E-state index in [0.717, 1.165) is 16.7 Å². The van der Waals surface area contributed by atoms with Gasteiger partial charge in [-0.25, -0.2) is 24.5 Å². The quantitative estimate of drug-likeness (QED) is 0.156. The number of hydrogen-bond acceptors (Lipinski definition) is 11. The number of hydrogen-bond donors (Lipinski definition) is 4. The van der Waals surface area contributed by atoms with Crippen molar-refractivity contribution >= 4 is 23.2 Å². The number of aliphatic hydroxyl groups excluding tert-OH is 3. The van der Waals surface area contributed by atoms with Gasteiger partial charge in [-0.1, -0.05) is 84.9 Å². The molecule has 242 valence electrons. The molecular formula is C34H33N5O8. The Morgan fingerprint density at radius 1 is 0.830 bits per heavy atom. The van der Waals surface area contributed by atoms with E-state index in [9.17, 15) is 24.9 Å². The highest BCUT2D eigenvalue weighted by molar-refractivity contribution is 5.87. The van der Waals surface area contributed by atoms with Gasteiger partial charge >= 0.3 is 12.1 Å². The highest BCUT2D eigenvalue weighted by Gasteiger charge is 2.44. The second kappa shape index (κ2) is 14.5. The summed E-state index contributed by atoms with van der Waals surface area (Å²) < 4.78 is 18.0. The zero-order chi connectivity index (χ0) is 32.8. The van der Waals surface area contributed by atoms with Crippen LogP contribution in [0.1, 0.15) is 22.9 Å². The molecular weight excluding hydrogens is 606 g/mol. The SMILES string of the molecule is O=C(N[C@H](Cc1ccc(-c2ncnc3c2ncn3[C@@H]2O[C@H](CO)[C@@H](O)[C@H]2O)cc1)C(=O)OCc1ccccc1)OCc1ccccc1. The van der Waals surface area contributed by atoms with E-state index in [2.05, 4.69) is 20.3 Å². The van der Waals surface area contributed by atoms with E-state index in [1.165, 1.54) is 17.2 Å². The summed E-state index contributed by atoms with van der Waals surface area (Å²) in [6, 6.07) is 24.7. The lowest BCUT2D eigenvalue weighted by atomic mass is 10.0. The van der Waals surface area contributed by atoms with Crippen LogP contribution in [0, 0.1) is 0 Å². The Morgan fingerprint density at radius 3 is 2.13 bits per heavy atom. The van der Waals surface area contributed by atoms with Crippen LogP contribution in [0.2, 0.25) is 0 Å². The molecule has 1 saturated heterocycles. The predicted molar refractivity (Wildman–Crippen MR) is 167 cm³/mol. The number of rotatable bonds is 11. The summed E-state index contributed by atoms with van der Waals surface area (Å²) in [5, 5.41) is 32.8. The molecule has 1 aliphatic heterocycles. The second-order valence-corrected chi connectivity index (χ2v) is 11.0. The highest BCUT2D eigenvalue weighted by Crippen LogP contribution is 2.33. The number of amides is 1. The van der Waals surface area contributed by atoms with E-state index in [1.54, 1.807) is 12.1 Å². The lowest BCUT2D eigenvalue weighted by Gasteiger charge is -2.18. The molecule has 0 unspecified atom stereocenters. The molecule has 4 N–H and O–H groups in total. The number of imidazole rings is 1. The zero-order valence-corrected chi connectivity index (χ0v) is 25.1. The van der Waals surface area contributed by atoms with Gasteiger partial charge in [-0.3, -0.25) is 4.57 Å². The first-order valence-corrected chi connectivity index (χ1v) is 15.0. The van der Waals surface area contributed by atoms with Crippen molar-refractivity contribution in [1.82, 2.24) is 24.8 Å². The number of fused-ring (bicyclic) bond motifs is 1. The molecule has 2 aromatic heterocycles. The fourth-order valence-corrected chi connectivity index (χ4v) is 5.32. The van der Waals surface area contributed by atoms with E-state index >= 15 is 0 Å². The van der Waals surface area contributed by atoms with Crippen LogP contribution >= 0.6 is 0 Å². The van der Waals surface area contributed by atoms with Crippen molar-refractivity contribution in [2.75, 3.05) is 6.61 Å². The Kier molecular flexibility index (Phi) is 9.78. The maximum Gasteiger partial charge on any atom is 0.408 e. The van der Waals surface area contributed by atoms with Crippen molar-refractivity contribution in [3.05, 3.63) is 114 Å². The van der Waals surface area contributed by atoms with Gasteiger partial charge in [0.2, 0.25) is 0 Å². The molecule has 3 heterocycles. The van der Waals surface area contributed by atoms with Crippen molar-refractivity contribution in [3.63, 3.8) is 0 Å². The molecule has 0 spiro atoms. The summed E-state index contributed by atoms with van der Waals surface area (Å²) in [7, 11) is 0. The Labute approximate surface area is 269 Å². The molecule has 5 aromatic rings. The van der Waals surface area contributed by atoms with Gasteiger partial charge in [0, 0.05) is 12.0 Å². The highest BCUT2D eigenvalue weighted by atomic mass is 16.6. The number of alkyl carbamates (subject to hydrolysis) is 1. The van der Waals surface area contributed by atoms with Crippen molar-refractivity contribution in [1.29, 1.82) is 0 Å². The van der Waals surface area contributed by atoms with Crippen LogP contribution in [0.4, 0.5) is 4.79 Å². The summed E-state index contributed by atoms with van der Waals surface area (Å²) in [4.78, 5) is 39.1. The van der Waals surface area contributed by atoms with Crippen LogP contribution in [0.15, 0.2) is 97.6 Å². The number of esters is 1. The molecule has 6 rings (SSSR count). The first kappa shape index (κ1) is 31.8. The molecule has 1 aliphatic rings. The fraction of sp³-hybridized carbons (Fsp3) is 0.265. The van der Waals surface area contributed by atoms with Crippen LogP contribution in [-0.4, -0.2) is 77.9 Å². The average molecular weight is 640 g/mol. The number of carbonyl (C=O) groups excluding carboxylic acids is 2. The van der Waals surface area contributed by atoms with Gasteiger partial charge in [0.1, 0.15) is 55.1 Å². The average Bonchev–Trinajstić information content (AvgIpc) is 3.67. The van der Waals surface area contributed by atoms with Gasteiger partial charge in [-0.05, 0) is 16.7 Å². The number of carbonyl (C=O) groups is 2. The van der Waals surface area contributed by atoms with Gasteiger partial charge in [0.15, 0.2) is 11.9 Å². The van der Waals surface area contributed by atoms with Crippen LogP contribution < -0.4 is 5.32 Å². The molecule has 5 atom stereocenters. The number of nitrogens with zero attached hydrogens (tertiary/aromatic N) is 4. The third kappa shape index (κ3) is 7.28. The monoisotopic (exact) mass is 639 g/mol. The Balaban J connectivity index is 1.18. The molecule has 3 aromatic carbocycles. The number of ether oxygens (including phenoxy) is 3. The third-order valence-electron chi connectivity index (χ3n) is 7.83. The molecule has 13 heteroatoms. The fourth-order valence-electron chi connectivity index (χ4n) is 5.32. The van der Waals surface area contributed by atoms with Crippen LogP contribution in [-0.2, 0) is 38.6 Å². The van der Waals surface area contributed by atoms with E-state index in [4.69, 9.17) is 14.2 Å². The molecule has 0 bridgehead atoms. The first-order valence-electron chi connectivity index (χ1n) is 15.0. The smallest absolute Gasteiger partial charge is 0.408 e. The second-order valence-electron chi connectivity index (χ2n) is 11.0. The van der Waals surface area contributed by atoms with E-state index in [1.807, 2.05) is 72.8 Å². The van der Waals surface area contributed by atoms with Gasteiger partial charge in [0.25, 0.3) is 0 Å². The minimum absolute atomic E-state index is 0.0464. The maximum absolute atomic E-state index is 13.2. The molecule has 1 fully saturated rings. The normalized spacial score (nSPS) is 19.7. The van der Waals surface area contributed by atoms with Gasteiger partial charge < -0.3 is 34.8 Å². The maximum atomic E-state index is 13.2. The summed E-state index contributed by atoms with van der Waals surface area (Å²) in [6.07, 6.45) is -2.33. The Bertz CT molecular complexity index is 1800. The molecule has 47 heavy (non-hydrogen) atoms. The van der Waals surface area contributed by atoms with Gasteiger partial charge in [0.05, 0.1) is 12.9 Å². The molecule has 13 nitrogen and oxygen atoms in total. The minimum Gasteiger partial charge on any atom is -0.459 e. The van der Waals surface area contributed by atoms with Crippen molar-refractivity contribution in [3.8, 4) is 11.3 Å². The van der Waals surface area contributed by atoms with Crippen molar-refractivity contribution in [2.45, 2.75) is 50.2 Å². The third-order valence-corrected chi connectivity index (χ3v) is 7.83. The zero-order valence-electron chi connectivity index (χ0n) is 25.1. The number of nitrogens with one attached hydrogen (secondary N) is 1. The lowest BCUT2D eigenvalue weighted by Crippen LogP contribution is -2.43. The standard InChI is InChI=1S/C34H33N5O8/c40-16-26-29(41)30(42)32(47-26)39-20-37-28-27(35-19-36-31(28)39)24-13-11-21(12-14-24)15-25(33(43)45-17-22-7-3-1-4-8-22)38-34(44)46-18-23-9-5-2-6-10-23/h1-14,19-20,25-26,29-30,32,40-42H,15-18H2,(H,38,44)/t25-,26-,29-,30-,32-/m1/s1. The van der Waals surface area contributed by atoms with Gasteiger partial charge in [-0.15, -0.1) is 0 Å². The Hall–Kier alpha value is -5.21. The van der Waals surface area contributed by atoms with Gasteiger partial charge in [-0.2, -0.15) is 0 Å². The largest absolute Gasteiger partial charge is 0.459 e. The molecule has 0 saturated carbocycles. The van der Waals surface area contributed by atoms with E-state index < -0.39 is 49.3 Å². The van der Waals surface area contributed by atoms with Crippen LogP contribution in [0.3, 0.4) is 0 Å². The summed E-state index contributed by atoms with van der Waals surface area (Å²) in [5.41, 5.74) is 4.37. The van der Waals surface area contributed by atoms with Crippen LogP contribution in [0.25, 0.3) is 22.4 Å². The number of aliphatic hydroxyl groups is 3. The molecule has 0 aliphatic carbocycles. The topological polar surface area (TPSA) is 178 Å². The summed E-state index contributed by atoms with van der Waals surface area (Å²) in [6.45, 7) is -0.358. The van der Waals surface area contributed by atoms with Crippen LogP contribution in [0.5, 0.6) is 0 Å². The number of aromatic nitrogens is 4. The first-order chi connectivity index (χ1) is 22.9. The van der Waals surface area contributed by atoms with Crippen molar-refractivity contribution < 1.29 is 39.1 Å². The number of benzene rings is 3. The minimum atomic E-state index is -1.29.